The highest BCUT2D eigenvalue weighted by molar-refractivity contribution is 5.89. The van der Waals surface area contributed by atoms with E-state index in [4.69, 9.17) is 18.9 Å². The van der Waals surface area contributed by atoms with Crippen LogP contribution in [0.25, 0.3) is 0 Å². The monoisotopic (exact) mass is 427 g/mol. The maximum Gasteiger partial charge on any atom is 0.337 e. The van der Waals surface area contributed by atoms with Gasteiger partial charge in [-0.05, 0) is 54.8 Å². The van der Waals surface area contributed by atoms with Crippen LogP contribution in [-0.4, -0.2) is 45.5 Å². The van der Waals surface area contributed by atoms with Crippen molar-refractivity contribution < 1.29 is 23.7 Å². The zero-order valence-corrected chi connectivity index (χ0v) is 18.3. The molecule has 0 unspecified atom stereocenters. The minimum atomic E-state index is -0.343. The van der Waals surface area contributed by atoms with Gasteiger partial charge in [0, 0.05) is 12.6 Å². The summed E-state index contributed by atoms with van der Waals surface area (Å²) in [7, 11) is 1.37. The van der Waals surface area contributed by atoms with E-state index in [1.54, 1.807) is 12.1 Å². The van der Waals surface area contributed by atoms with Crippen molar-refractivity contribution >= 4 is 5.97 Å². The van der Waals surface area contributed by atoms with Gasteiger partial charge >= 0.3 is 5.97 Å². The molecule has 0 amide bonds. The van der Waals surface area contributed by atoms with Gasteiger partial charge in [-0.2, -0.15) is 0 Å². The molecule has 2 aromatic rings. The summed E-state index contributed by atoms with van der Waals surface area (Å²) in [6.07, 6.45) is 6.67. The van der Waals surface area contributed by atoms with Gasteiger partial charge in [0.25, 0.3) is 0 Å². The molecule has 6 nitrogen and oxygen atoms in total. The van der Waals surface area contributed by atoms with Gasteiger partial charge in [0.15, 0.2) is 0 Å². The number of rotatable bonds is 12. The lowest BCUT2D eigenvalue weighted by molar-refractivity contribution is 0.0600. The highest BCUT2D eigenvalue weighted by Gasteiger charge is 2.11. The smallest absolute Gasteiger partial charge is 0.337 e. The van der Waals surface area contributed by atoms with E-state index in [9.17, 15) is 4.79 Å². The Morgan fingerprint density at radius 3 is 2.23 bits per heavy atom. The Morgan fingerprint density at radius 1 is 0.871 bits per heavy atom. The molecule has 1 saturated carbocycles. The Balaban J connectivity index is 1.27. The number of methoxy groups -OCH3 is 1. The Hall–Kier alpha value is -2.57. The quantitative estimate of drug-likeness (QED) is 0.401. The van der Waals surface area contributed by atoms with Crippen LogP contribution >= 0.6 is 0 Å². The largest absolute Gasteiger partial charge is 0.491 e. The Kier molecular flexibility index (Phi) is 9.67. The standard InChI is InChI=1S/C25H33NO5/c1-28-25(27)21-9-7-20(8-10-21)19-31-24-13-11-23(12-14-24)30-18-17-29-16-15-26-22-5-3-2-4-6-22/h7-14,22,26H,2-6,15-19H2,1H3. The van der Waals surface area contributed by atoms with E-state index in [-0.39, 0.29) is 5.97 Å². The molecule has 0 bridgehead atoms. The average Bonchev–Trinajstić information content (AvgIpc) is 2.83. The number of hydrogen-bond donors (Lipinski definition) is 1. The Bertz CT molecular complexity index is 770. The van der Waals surface area contributed by atoms with Crippen LogP contribution in [0.3, 0.4) is 0 Å². The summed E-state index contributed by atoms with van der Waals surface area (Å²) >= 11 is 0. The van der Waals surface area contributed by atoms with Crippen LogP contribution in [0.15, 0.2) is 48.5 Å². The van der Waals surface area contributed by atoms with Crippen molar-refractivity contribution in [2.45, 2.75) is 44.8 Å². The molecule has 1 aliphatic carbocycles. The SMILES string of the molecule is COC(=O)c1ccc(COc2ccc(OCCOCCNC3CCCCC3)cc2)cc1. The van der Waals surface area contributed by atoms with Crippen molar-refractivity contribution in [2.75, 3.05) is 33.5 Å². The summed E-state index contributed by atoms with van der Waals surface area (Å²) in [5.41, 5.74) is 1.50. The topological polar surface area (TPSA) is 66.0 Å². The highest BCUT2D eigenvalue weighted by atomic mass is 16.5. The van der Waals surface area contributed by atoms with E-state index in [1.165, 1.54) is 39.2 Å². The second kappa shape index (κ2) is 13.0. The third kappa shape index (κ3) is 8.23. The molecular weight excluding hydrogens is 394 g/mol. The number of ether oxygens (including phenoxy) is 4. The number of nitrogens with one attached hydrogen (secondary N) is 1. The number of hydrogen-bond acceptors (Lipinski definition) is 6. The first-order valence-electron chi connectivity index (χ1n) is 11.1. The van der Waals surface area contributed by atoms with Gasteiger partial charge in [-0.25, -0.2) is 4.79 Å². The van der Waals surface area contributed by atoms with E-state index in [1.807, 2.05) is 36.4 Å². The number of carbonyl (C=O) groups excluding carboxylic acids is 1. The Morgan fingerprint density at radius 2 is 1.55 bits per heavy atom. The molecule has 0 aromatic heterocycles. The van der Waals surface area contributed by atoms with E-state index in [0.717, 1.165) is 23.6 Å². The highest BCUT2D eigenvalue weighted by Crippen LogP contribution is 2.19. The molecule has 6 heteroatoms. The number of carbonyl (C=O) groups is 1. The predicted molar refractivity (Wildman–Crippen MR) is 120 cm³/mol. The summed E-state index contributed by atoms with van der Waals surface area (Å²) in [5.74, 6) is 1.21. The Labute approximate surface area is 184 Å². The summed E-state index contributed by atoms with van der Waals surface area (Å²) in [6.45, 7) is 3.14. The van der Waals surface area contributed by atoms with Crippen LogP contribution < -0.4 is 14.8 Å². The zero-order valence-electron chi connectivity index (χ0n) is 18.3. The van der Waals surface area contributed by atoms with Crippen LogP contribution in [0.2, 0.25) is 0 Å². The summed E-state index contributed by atoms with van der Waals surface area (Å²) in [5, 5.41) is 3.57. The third-order valence-corrected chi connectivity index (χ3v) is 5.39. The second-order valence-corrected chi connectivity index (χ2v) is 7.70. The normalized spacial score (nSPS) is 14.2. The molecule has 0 radical (unpaired) electrons. The first kappa shape index (κ1) is 23.1. The summed E-state index contributed by atoms with van der Waals surface area (Å²) < 4.78 is 21.9. The fraction of sp³-hybridized carbons (Fsp3) is 0.480. The minimum absolute atomic E-state index is 0.343. The number of benzene rings is 2. The predicted octanol–water partition coefficient (Wildman–Crippen LogP) is 4.37. The summed E-state index contributed by atoms with van der Waals surface area (Å²) in [6, 6.07) is 15.4. The van der Waals surface area contributed by atoms with Crippen LogP contribution in [-0.2, 0) is 16.1 Å². The van der Waals surface area contributed by atoms with Crippen LogP contribution in [0.1, 0.15) is 48.0 Å². The van der Waals surface area contributed by atoms with Gasteiger partial charge < -0.3 is 24.3 Å². The van der Waals surface area contributed by atoms with Crippen molar-refractivity contribution in [2.24, 2.45) is 0 Å². The van der Waals surface area contributed by atoms with Crippen LogP contribution in [0.4, 0.5) is 0 Å². The molecular formula is C25H33NO5. The van der Waals surface area contributed by atoms with E-state index < -0.39 is 0 Å². The van der Waals surface area contributed by atoms with Crippen molar-refractivity contribution in [1.29, 1.82) is 0 Å². The van der Waals surface area contributed by atoms with Crippen molar-refractivity contribution in [3.05, 3.63) is 59.7 Å². The summed E-state index contributed by atoms with van der Waals surface area (Å²) in [4.78, 5) is 11.5. The lowest BCUT2D eigenvalue weighted by Crippen LogP contribution is -2.33. The molecule has 3 rings (SSSR count). The zero-order chi connectivity index (χ0) is 21.7. The van der Waals surface area contributed by atoms with E-state index >= 15 is 0 Å². The molecule has 0 spiro atoms. The molecule has 0 aliphatic heterocycles. The van der Waals surface area contributed by atoms with Crippen LogP contribution in [0.5, 0.6) is 11.5 Å². The molecule has 168 valence electrons. The van der Waals surface area contributed by atoms with E-state index in [0.29, 0.717) is 38.0 Å². The molecule has 1 aliphatic rings. The van der Waals surface area contributed by atoms with Crippen molar-refractivity contribution in [3.63, 3.8) is 0 Å². The lowest BCUT2D eigenvalue weighted by atomic mass is 9.96. The van der Waals surface area contributed by atoms with Gasteiger partial charge in [-0.3, -0.25) is 0 Å². The molecule has 1 fully saturated rings. The molecule has 0 atom stereocenters. The maximum atomic E-state index is 11.5. The first-order valence-corrected chi connectivity index (χ1v) is 11.1. The third-order valence-electron chi connectivity index (χ3n) is 5.39. The average molecular weight is 428 g/mol. The van der Waals surface area contributed by atoms with Gasteiger partial charge in [0.05, 0.1) is 25.9 Å². The fourth-order valence-corrected chi connectivity index (χ4v) is 3.62. The second-order valence-electron chi connectivity index (χ2n) is 7.70. The van der Waals surface area contributed by atoms with Gasteiger partial charge in [-0.15, -0.1) is 0 Å². The van der Waals surface area contributed by atoms with Crippen LogP contribution in [0, 0.1) is 0 Å². The maximum absolute atomic E-state index is 11.5. The van der Waals surface area contributed by atoms with E-state index in [2.05, 4.69) is 5.32 Å². The fourth-order valence-electron chi connectivity index (χ4n) is 3.62. The minimum Gasteiger partial charge on any atom is -0.491 e. The lowest BCUT2D eigenvalue weighted by Gasteiger charge is -2.22. The first-order chi connectivity index (χ1) is 15.2. The molecule has 31 heavy (non-hydrogen) atoms. The van der Waals surface area contributed by atoms with Crippen molar-refractivity contribution in [1.82, 2.24) is 5.32 Å². The van der Waals surface area contributed by atoms with Gasteiger partial charge in [0.2, 0.25) is 0 Å². The molecule has 2 aromatic carbocycles. The molecule has 1 N–H and O–H groups in total. The van der Waals surface area contributed by atoms with Crippen molar-refractivity contribution in [3.8, 4) is 11.5 Å². The molecule has 0 saturated heterocycles. The van der Waals surface area contributed by atoms with Gasteiger partial charge in [-0.1, -0.05) is 31.4 Å². The number of esters is 1. The van der Waals surface area contributed by atoms with Gasteiger partial charge in [0.1, 0.15) is 24.7 Å². The molecule has 0 heterocycles.